The molecule has 0 amide bonds. The summed E-state index contributed by atoms with van der Waals surface area (Å²) in [4.78, 5) is 0. The lowest BCUT2D eigenvalue weighted by atomic mass is 10.0. The molecule has 5 N–H and O–H groups in total. The fourth-order valence-corrected chi connectivity index (χ4v) is 3.58. The molecule has 2 fully saturated rings. The first-order chi connectivity index (χ1) is 13.2. The van der Waals surface area contributed by atoms with Crippen LogP contribution in [-0.2, 0) is 18.9 Å². The van der Waals surface area contributed by atoms with Crippen molar-refractivity contribution in [1.82, 2.24) is 0 Å². The summed E-state index contributed by atoms with van der Waals surface area (Å²) in [5, 5.41) is 48.1. The number of ether oxygens (including phenoxy) is 4. The van der Waals surface area contributed by atoms with Gasteiger partial charge in [0.15, 0.2) is 6.29 Å². The normalized spacial score (nSPS) is 43.5. The van der Waals surface area contributed by atoms with Crippen LogP contribution in [-0.4, -0.2) is 111 Å². The van der Waals surface area contributed by atoms with Crippen LogP contribution in [0.4, 0.5) is 0 Å². The molecule has 9 atom stereocenters. The van der Waals surface area contributed by atoms with Gasteiger partial charge in [-0.05, 0) is 13.8 Å². The van der Waals surface area contributed by atoms with Gasteiger partial charge in [0.05, 0.1) is 23.7 Å². The predicted molar refractivity (Wildman–Crippen MR) is 102 cm³/mol. The fraction of sp³-hybridized carbons (Fsp3) is 1.00. The summed E-state index contributed by atoms with van der Waals surface area (Å²) in [5.41, 5.74) is 0. The first-order valence-electron chi connectivity index (χ1n) is 8.90. The molecule has 2 saturated heterocycles. The monoisotopic (exact) mass is 470 g/mol. The van der Waals surface area contributed by atoms with E-state index in [9.17, 15) is 25.5 Å². The molecule has 0 radical (unpaired) electrons. The van der Waals surface area contributed by atoms with Crippen LogP contribution in [0, 0.1) is 0 Å². The minimum Gasteiger partial charge on any atom is -0.394 e. The summed E-state index contributed by atoms with van der Waals surface area (Å²) < 4.78 is 21.0. The van der Waals surface area contributed by atoms with Crippen molar-refractivity contribution < 1.29 is 44.5 Å². The molecule has 12 heteroatoms. The van der Waals surface area contributed by atoms with E-state index in [1.807, 2.05) is 13.8 Å². The van der Waals surface area contributed by atoms with Crippen molar-refractivity contribution in [2.45, 2.75) is 67.9 Å². The van der Waals surface area contributed by atoms with Crippen LogP contribution in [0.15, 0.2) is 0 Å². The lowest BCUT2D eigenvalue weighted by Crippen LogP contribution is -2.61. The molecule has 168 valence electrons. The van der Waals surface area contributed by atoms with Crippen molar-refractivity contribution in [2.24, 2.45) is 0 Å². The lowest BCUT2D eigenvalue weighted by Gasteiger charge is -2.43. The number of halogens is 3. The van der Waals surface area contributed by atoms with Gasteiger partial charge in [-0.25, -0.2) is 0 Å². The summed E-state index contributed by atoms with van der Waals surface area (Å²) >= 11 is 17.3. The van der Waals surface area contributed by atoms with Gasteiger partial charge in [0.25, 0.3) is 0 Å². The highest BCUT2D eigenvalue weighted by molar-refractivity contribution is 6.21. The van der Waals surface area contributed by atoms with E-state index < -0.39 is 66.6 Å². The fourth-order valence-electron chi connectivity index (χ4n) is 2.76. The highest BCUT2D eigenvalue weighted by Gasteiger charge is 2.58. The summed E-state index contributed by atoms with van der Waals surface area (Å²) in [5.74, 6) is -2.43. The number of aliphatic hydroxyl groups excluding tert-OH is 5. The standard InChI is InChI=1S/C12H19Cl3O8.C4H10O/c13-1-4-7(17)10(20)12(3-14,22-4)23-11-9(19)8(18)6(15)5(2-16)21-11;1-3-5-4-2/h4-11,16-20H,1-3H2;3-4H2,1-2H3/t4-,5-,6+,7-,8+,9-,10+,11-,12+;/m1./s1. The van der Waals surface area contributed by atoms with E-state index in [0.717, 1.165) is 13.2 Å². The molecule has 2 heterocycles. The lowest BCUT2D eigenvalue weighted by molar-refractivity contribution is -0.357. The Morgan fingerprint density at radius 1 is 0.964 bits per heavy atom. The molecule has 9 nitrogen and oxygen atoms in total. The van der Waals surface area contributed by atoms with E-state index in [-0.39, 0.29) is 5.88 Å². The third-order valence-corrected chi connectivity index (χ3v) is 5.58. The Morgan fingerprint density at radius 3 is 1.96 bits per heavy atom. The summed E-state index contributed by atoms with van der Waals surface area (Å²) in [6.45, 7) is 5.14. The Morgan fingerprint density at radius 2 is 1.57 bits per heavy atom. The molecule has 2 aliphatic rings. The van der Waals surface area contributed by atoms with E-state index in [4.69, 9.17) is 53.8 Å². The van der Waals surface area contributed by atoms with E-state index in [2.05, 4.69) is 0 Å². The van der Waals surface area contributed by atoms with E-state index in [1.54, 1.807) is 0 Å². The van der Waals surface area contributed by atoms with Crippen molar-refractivity contribution in [2.75, 3.05) is 31.6 Å². The predicted octanol–water partition coefficient (Wildman–Crippen LogP) is -0.613. The van der Waals surface area contributed by atoms with Gasteiger partial charge in [-0.1, -0.05) is 0 Å². The third-order valence-electron chi connectivity index (χ3n) is 4.37. The molecule has 2 rings (SSSR count). The highest BCUT2D eigenvalue weighted by Crippen LogP contribution is 2.37. The van der Waals surface area contributed by atoms with Crippen molar-refractivity contribution in [1.29, 1.82) is 0 Å². The number of hydrogen-bond acceptors (Lipinski definition) is 9. The SMILES string of the molecule is CCOCC.OC[C@H]1O[C@H](O[C@]2(CCl)O[C@H](CCl)[C@@H](O)[C@@H]2O)[C@H](O)[C@@H](O)[C@H]1Cl. The Kier molecular flexibility index (Phi) is 11.7. The van der Waals surface area contributed by atoms with Gasteiger partial charge in [0.2, 0.25) is 5.79 Å². The summed E-state index contributed by atoms with van der Waals surface area (Å²) in [6, 6.07) is 0. The second-order valence-corrected chi connectivity index (χ2v) is 7.32. The first kappa shape index (κ1) is 26.5. The van der Waals surface area contributed by atoms with Gasteiger partial charge in [0, 0.05) is 13.2 Å². The van der Waals surface area contributed by atoms with Crippen LogP contribution in [0.3, 0.4) is 0 Å². The zero-order chi connectivity index (χ0) is 21.5. The Hall–Kier alpha value is 0.510. The van der Waals surface area contributed by atoms with Crippen molar-refractivity contribution in [3.63, 3.8) is 0 Å². The molecule has 0 saturated carbocycles. The largest absolute Gasteiger partial charge is 0.394 e. The van der Waals surface area contributed by atoms with Crippen LogP contribution < -0.4 is 0 Å². The molecule has 0 unspecified atom stereocenters. The number of rotatable bonds is 7. The average Bonchev–Trinajstić information content (AvgIpc) is 2.94. The number of aliphatic hydroxyl groups is 5. The van der Waals surface area contributed by atoms with Gasteiger partial charge < -0.3 is 44.5 Å². The van der Waals surface area contributed by atoms with Crippen LogP contribution in [0.5, 0.6) is 0 Å². The Balaban J connectivity index is 0.000000696. The maximum absolute atomic E-state index is 10.1. The maximum atomic E-state index is 10.1. The molecule has 0 spiro atoms. The van der Waals surface area contributed by atoms with Gasteiger partial charge in [0.1, 0.15) is 36.6 Å². The summed E-state index contributed by atoms with van der Waals surface area (Å²) in [6.07, 6.45) is -9.39. The van der Waals surface area contributed by atoms with Crippen LogP contribution in [0.1, 0.15) is 13.8 Å². The smallest absolute Gasteiger partial charge is 0.214 e. The van der Waals surface area contributed by atoms with Crippen molar-refractivity contribution in [3.05, 3.63) is 0 Å². The Bertz CT molecular complexity index is 446. The van der Waals surface area contributed by atoms with Gasteiger partial charge in [-0.3, -0.25) is 0 Å². The molecule has 0 aliphatic carbocycles. The quantitative estimate of drug-likeness (QED) is 0.308. The van der Waals surface area contributed by atoms with E-state index in [1.165, 1.54) is 0 Å². The molecular weight excluding hydrogens is 443 g/mol. The van der Waals surface area contributed by atoms with Gasteiger partial charge in [-0.2, -0.15) is 0 Å². The minimum atomic E-state index is -1.90. The van der Waals surface area contributed by atoms with Crippen LogP contribution in [0.25, 0.3) is 0 Å². The van der Waals surface area contributed by atoms with Crippen LogP contribution in [0.2, 0.25) is 0 Å². The zero-order valence-corrected chi connectivity index (χ0v) is 17.9. The minimum absolute atomic E-state index is 0.125. The van der Waals surface area contributed by atoms with Crippen LogP contribution >= 0.6 is 34.8 Å². The Labute approximate surface area is 179 Å². The molecule has 0 aromatic carbocycles. The van der Waals surface area contributed by atoms with Crippen molar-refractivity contribution in [3.8, 4) is 0 Å². The van der Waals surface area contributed by atoms with Gasteiger partial charge in [-0.15, -0.1) is 34.8 Å². The number of alkyl halides is 3. The highest BCUT2D eigenvalue weighted by atomic mass is 35.5. The average molecular weight is 472 g/mol. The summed E-state index contributed by atoms with van der Waals surface area (Å²) in [7, 11) is 0. The molecule has 0 aromatic rings. The topological polar surface area (TPSA) is 138 Å². The van der Waals surface area contributed by atoms with Crippen molar-refractivity contribution >= 4 is 34.8 Å². The molecular formula is C16H29Cl3O9. The molecule has 28 heavy (non-hydrogen) atoms. The second kappa shape index (κ2) is 12.4. The zero-order valence-electron chi connectivity index (χ0n) is 15.7. The molecule has 2 aliphatic heterocycles. The van der Waals surface area contributed by atoms with E-state index >= 15 is 0 Å². The first-order valence-corrected chi connectivity index (χ1v) is 10.4. The molecule has 0 aromatic heterocycles. The van der Waals surface area contributed by atoms with Gasteiger partial charge >= 0.3 is 0 Å². The number of hydrogen-bond donors (Lipinski definition) is 5. The maximum Gasteiger partial charge on any atom is 0.214 e. The second-order valence-electron chi connectivity index (χ2n) is 6.24. The van der Waals surface area contributed by atoms with E-state index in [0.29, 0.717) is 0 Å². The molecule has 0 bridgehead atoms. The third kappa shape index (κ3) is 6.03.